The van der Waals surface area contributed by atoms with Crippen molar-refractivity contribution >= 4 is 12.6 Å². The van der Waals surface area contributed by atoms with Crippen LogP contribution < -0.4 is 5.46 Å². The van der Waals surface area contributed by atoms with E-state index in [4.69, 9.17) is 9.31 Å². The molecule has 3 rings (SSSR count). The molecule has 0 aliphatic carbocycles. The van der Waals surface area contributed by atoms with Crippen molar-refractivity contribution in [1.82, 2.24) is 4.90 Å². The van der Waals surface area contributed by atoms with Crippen molar-refractivity contribution in [2.45, 2.75) is 58.2 Å². The summed E-state index contributed by atoms with van der Waals surface area (Å²) in [6, 6.07) is 8.84. The van der Waals surface area contributed by atoms with Crippen LogP contribution in [0.25, 0.3) is 0 Å². The van der Waals surface area contributed by atoms with Gasteiger partial charge in [-0.25, -0.2) is 0 Å². The van der Waals surface area contributed by atoms with Gasteiger partial charge in [-0.1, -0.05) is 24.3 Å². The summed E-state index contributed by atoms with van der Waals surface area (Å²) in [5.41, 5.74) is 2.00. The Labute approximate surface area is 141 Å². The average Bonchev–Trinajstić information content (AvgIpc) is 2.71. The summed E-state index contributed by atoms with van der Waals surface area (Å²) >= 11 is 0. The summed E-state index contributed by atoms with van der Waals surface area (Å²) in [6.07, 6.45) is 3.82. The van der Waals surface area contributed by atoms with Crippen LogP contribution in [0.15, 0.2) is 24.3 Å². The lowest BCUT2D eigenvalue weighted by atomic mass is 9.78. The van der Waals surface area contributed by atoms with E-state index >= 15 is 0 Å². The maximum Gasteiger partial charge on any atom is 0.494 e. The fraction of sp³-hybridized carbons (Fsp3) is 0.684. The molecule has 2 fully saturated rings. The van der Waals surface area contributed by atoms with E-state index in [1.165, 1.54) is 37.9 Å². The molecule has 0 unspecified atom stereocenters. The van der Waals surface area contributed by atoms with Crippen molar-refractivity contribution < 1.29 is 9.31 Å². The Kier molecular flexibility index (Phi) is 4.61. The second-order valence-corrected chi connectivity index (χ2v) is 8.28. The highest BCUT2D eigenvalue weighted by molar-refractivity contribution is 6.62. The van der Waals surface area contributed by atoms with Gasteiger partial charge in [-0.05, 0) is 84.0 Å². The summed E-state index contributed by atoms with van der Waals surface area (Å²) < 4.78 is 12.2. The molecule has 0 atom stereocenters. The molecule has 0 radical (unpaired) electrons. The predicted molar refractivity (Wildman–Crippen MR) is 96.1 cm³/mol. The first-order valence-corrected chi connectivity index (χ1v) is 8.90. The maximum atomic E-state index is 6.12. The molecule has 0 amide bonds. The van der Waals surface area contributed by atoms with E-state index in [1.807, 2.05) is 0 Å². The zero-order chi connectivity index (χ0) is 16.7. The molecule has 4 heteroatoms. The summed E-state index contributed by atoms with van der Waals surface area (Å²) in [7, 11) is 1.97. The number of hydrogen-bond donors (Lipinski definition) is 0. The first-order chi connectivity index (χ1) is 10.8. The van der Waals surface area contributed by atoms with Crippen molar-refractivity contribution in [3.05, 3.63) is 29.8 Å². The number of likely N-dealkylation sites (tertiary alicyclic amines) is 1. The van der Waals surface area contributed by atoms with Gasteiger partial charge in [0.05, 0.1) is 11.2 Å². The molecular formula is C19H30BNO2. The first-order valence-electron chi connectivity index (χ1n) is 8.90. The highest BCUT2D eigenvalue weighted by atomic mass is 16.7. The Morgan fingerprint density at radius 2 is 1.52 bits per heavy atom. The second kappa shape index (κ2) is 6.23. The Balaban J connectivity index is 1.62. The van der Waals surface area contributed by atoms with Crippen LogP contribution in [0, 0.1) is 5.92 Å². The van der Waals surface area contributed by atoms with Gasteiger partial charge >= 0.3 is 7.12 Å². The third-order valence-electron chi connectivity index (χ3n) is 5.87. The molecule has 0 saturated carbocycles. The van der Waals surface area contributed by atoms with Gasteiger partial charge in [-0.3, -0.25) is 0 Å². The molecule has 2 aliphatic rings. The van der Waals surface area contributed by atoms with Crippen molar-refractivity contribution in [3.8, 4) is 0 Å². The number of hydrogen-bond acceptors (Lipinski definition) is 3. The van der Waals surface area contributed by atoms with Crippen LogP contribution in [-0.2, 0) is 15.7 Å². The minimum atomic E-state index is -0.273. The Morgan fingerprint density at radius 3 is 2.04 bits per heavy atom. The lowest BCUT2D eigenvalue weighted by molar-refractivity contribution is 0.00578. The van der Waals surface area contributed by atoms with Crippen LogP contribution in [-0.4, -0.2) is 43.4 Å². The van der Waals surface area contributed by atoms with Gasteiger partial charge in [0, 0.05) is 0 Å². The minimum absolute atomic E-state index is 0.252. The van der Waals surface area contributed by atoms with Gasteiger partial charge < -0.3 is 14.2 Å². The maximum absolute atomic E-state index is 6.12. The van der Waals surface area contributed by atoms with Crippen molar-refractivity contribution in [2.24, 2.45) is 5.92 Å². The molecule has 1 aromatic rings. The van der Waals surface area contributed by atoms with E-state index in [-0.39, 0.29) is 18.3 Å². The van der Waals surface area contributed by atoms with Gasteiger partial charge in [-0.15, -0.1) is 0 Å². The highest BCUT2D eigenvalue weighted by Gasteiger charge is 2.51. The molecule has 0 N–H and O–H groups in total. The zero-order valence-electron chi connectivity index (χ0n) is 15.3. The first kappa shape index (κ1) is 17.0. The third-order valence-corrected chi connectivity index (χ3v) is 5.87. The topological polar surface area (TPSA) is 21.7 Å². The molecule has 2 heterocycles. The zero-order valence-corrected chi connectivity index (χ0v) is 15.3. The van der Waals surface area contributed by atoms with Crippen LogP contribution in [0.5, 0.6) is 0 Å². The fourth-order valence-corrected chi connectivity index (χ4v) is 3.39. The van der Waals surface area contributed by atoms with E-state index in [9.17, 15) is 0 Å². The highest BCUT2D eigenvalue weighted by Crippen LogP contribution is 2.36. The van der Waals surface area contributed by atoms with Gasteiger partial charge in [-0.2, -0.15) is 0 Å². The average molecular weight is 315 g/mol. The van der Waals surface area contributed by atoms with Crippen LogP contribution in [0.1, 0.15) is 46.1 Å². The van der Waals surface area contributed by atoms with Gasteiger partial charge in [0.25, 0.3) is 0 Å². The lowest BCUT2D eigenvalue weighted by Gasteiger charge is -2.32. The van der Waals surface area contributed by atoms with Crippen molar-refractivity contribution in [1.29, 1.82) is 0 Å². The predicted octanol–water partition coefficient (Wildman–Crippen LogP) is 2.87. The number of nitrogens with zero attached hydrogens (tertiary/aromatic N) is 1. The molecule has 2 aliphatic heterocycles. The van der Waals surface area contributed by atoms with E-state index in [1.54, 1.807) is 0 Å². The van der Waals surface area contributed by atoms with Gasteiger partial charge in [0.15, 0.2) is 0 Å². The standard InChI is InChI=1S/C19H30BNO2/c1-18(2)19(3,4)23-20(22-18)17-8-6-15(7-9-17)14-16-10-12-21(5)13-11-16/h6-9,16H,10-14H2,1-5H3. The molecule has 126 valence electrons. The van der Waals surface area contributed by atoms with Crippen molar-refractivity contribution in [2.75, 3.05) is 20.1 Å². The van der Waals surface area contributed by atoms with Gasteiger partial charge in [0.1, 0.15) is 0 Å². The summed E-state index contributed by atoms with van der Waals surface area (Å²) in [6.45, 7) is 10.9. The van der Waals surface area contributed by atoms with Crippen LogP contribution in [0.4, 0.5) is 0 Å². The Hall–Kier alpha value is -0.835. The van der Waals surface area contributed by atoms with Crippen LogP contribution >= 0.6 is 0 Å². The van der Waals surface area contributed by atoms with E-state index in [0.717, 1.165) is 11.4 Å². The van der Waals surface area contributed by atoms with Gasteiger partial charge in [0.2, 0.25) is 0 Å². The monoisotopic (exact) mass is 315 g/mol. The lowest BCUT2D eigenvalue weighted by Crippen LogP contribution is -2.41. The summed E-state index contributed by atoms with van der Waals surface area (Å²) in [4.78, 5) is 2.43. The number of rotatable bonds is 3. The van der Waals surface area contributed by atoms with E-state index in [0.29, 0.717) is 0 Å². The Bertz CT molecular complexity index is 517. The third kappa shape index (κ3) is 3.65. The van der Waals surface area contributed by atoms with E-state index in [2.05, 4.69) is 63.9 Å². The van der Waals surface area contributed by atoms with Crippen LogP contribution in [0.2, 0.25) is 0 Å². The molecule has 0 spiro atoms. The smallest absolute Gasteiger partial charge is 0.399 e. The molecule has 0 bridgehead atoms. The van der Waals surface area contributed by atoms with E-state index < -0.39 is 0 Å². The minimum Gasteiger partial charge on any atom is -0.399 e. The molecular weight excluding hydrogens is 285 g/mol. The normalized spacial score (nSPS) is 25.0. The quantitative estimate of drug-likeness (QED) is 0.801. The molecule has 0 aromatic heterocycles. The number of piperidine rings is 1. The Morgan fingerprint density at radius 1 is 1.00 bits per heavy atom. The largest absolute Gasteiger partial charge is 0.494 e. The van der Waals surface area contributed by atoms with Crippen LogP contribution in [0.3, 0.4) is 0 Å². The molecule has 23 heavy (non-hydrogen) atoms. The molecule has 1 aromatic carbocycles. The molecule has 2 saturated heterocycles. The summed E-state index contributed by atoms with van der Waals surface area (Å²) in [5, 5.41) is 0. The number of benzene rings is 1. The second-order valence-electron chi connectivity index (χ2n) is 8.28. The van der Waals surface area contributed by atoms with Crippen molar-refractivity contribution in [3.63, 3.8) is 0 Å². The SMILES string of the molecule is CN1CCC(Cc2ccc(B3OC(C)(C)C(C)(C)O3)cc2)CC1. The fourth-order valence-electron chi connectivity index (χ4n) is 3.39. The summed E-state index contributed by atoms with van der Waals surface area (Å²) in [5.74, 6) is 0.828. The molecule has 3 nitrogen and oxygen atoms in total.